The molecular weight excluding hydrogens is 511 g/mol. The smallest absolute Gasteiger partial charge is 0.497 e. The monoisotopic (exact) mass is 540 g/mol. The van der Waals surface area contributed by atoms with E-state index in [-0.39, 0.29) is 0 Å². The van der Waals surface area contributed by atoms with E-state index in [1.165, 1.54) is 0 Å². The number of hydrogen-bond acceptors (Lipinski definition) is 3. The Morgan fingerprint density at radius 1 is 0.641 bits per heavy atom. The maximum absolute atomic E-state index is 9.75. The zero-order valence-electron chi connectivity index (χ0n) is 21.9. The minimum atomic E-state index is -6.00. The Balaban J connectivity index is 0.000000771. The summed E-state index contributed by atoms with van der Waals surface area (Å²) in [7, 11) is -4.34. The lowest BCUT2D eigenvalue weighted by atomic mass is 10.0. The maximum atomic E-state index is 9.75. The molecular formula is C30H29BF4O4. The van der Waals surface area contributed by atoms with Crippen LogP contribution in [0, 0.1) is 0 Å². The van der Waals surface area contributed by atoms with Crippen LogP contribution in [0.3, 0.4) is 0 Å². The number of methoxy groups -OCH3 is 1. The second-order valence-electron chi connectivity index (χ2n) is 8.13. The zero-order chi connectivity index (χ0) is 28.3. The molecule has 4 rings (SSSR count). The van der Waals surface area contributed by atoms with Crippen LogP contribution in [0.15, 0.2) is 89.3 Å². The van der Waals surface area contributed by atoms with E-state index < -0.39 is 7.25 Å². The van der Waals surface area contributed by atoms with Crippen LogP contribution in [0.4, 0.5) is 17.3 Å². The van der Waals surface area contributed by atoms with Crippen LogP contribution in [0.25, 0.3) is 34.6 Å². The topological polar surface area (TPSA) is 39.0 Å². The van der Waals surface area contributed by atoms with Gasteiger partial charge >= 0.3 is 18.8 Å². The summed E-state index contributed by atoms with van der Waals surface area (Å²) in [6.07, 6.45) is 4.02. The molecule has 1 aromatic heterocycles. The Kier molecular flexibility index (Phi) is 10.5. The van der Waals surface area contributed by atoms with Crippen LogP contribution in [0.1, 0.15) is 25.2 Å². The van der Waals surface area contributed by atoms with Gasteiger partial charge in [0.1, 0.15) is 17.2 Å². The summed E-state index contributed by atoms with van der Waals surface area (Å²) in [4.78, 5) is 0. The van der Waals surface area contributed by atoms with Crippen LogP contribution < -0.4 is 14.2 Å². The molecule has 3 aromatic carbocycles. The number of hydrogen-bond donors (Lipinski definition) is 0. The van der Waals surface area contributed by atoms with Crippen molar-refractivity contribution in [2.45, 2.75) is 13.8 Å². The van der Waals surface area contributed by atoms with Crippen molar-refractivity contribution in [3.63, 3.8) is 0 Å². The second-order valence-corrected chi connectivity index (χ2v) is 8.13. The van der Waals surface area contributed by atoms with Crippen molar-refractivity contribution in [1.29, 1.82) is 0 Å². The average Bonchev–Trinajstić information content (AvgIpc) is 2.92. The summed E-state index contributed by atoms with van der Waals surface area (Å²) in [5, 5.41) is 0. The lowest BCUT2D eigenvalue weighted by Gasteiger charge is -2.05. The van der Waals surface area contributed by atoms with Crippen molar-refractivity contribution >= 4 is 19.4 Å². The first-order chi connectivity index (χ1) is 18.7. The molecule has 204 valence electrons. The molecule has 0 bridgehead atoms. The Hall–Kier alpha value is -4.27. The predicted molar refractivity (Wildman–Crippen MR) is 148 cm³/mol. The van der Waals surface area contributed by atoms with E-state index in [9.17, 15) is 17.3 Å². The first-order valence-corrected chi connectivity index (χ1v) is 12.3. The lowest BCUT2D eigenvalue weighted by Crippen LogP contribution is -2.02. The van der Waals surface area contributed by atoms with Crippen LogP contribution in [0.5, 0.6) is 17.2 Å². The molecule has 0 fully saturated rings. The second kappa shape index (κ2) is 14.0. The van der Waals surface area contributed by atoms with Gasteiger partial charge in [-0.2, -0.15) is 0 Å². The summed E-state index contributed by atoms with van der Waals surface area (Å²) in [6.45, 7) is 5.26. The minimum absolute atomic E-state index is 0.645. The molecule has 0 saturated heterocycles. The molecule has 4 aromatic rings. The molecule has 0 radical (unpaired) electrons. The van der Waals surface area contributed by atoms with Crippen LogP contribution in [-0.4, -0.2) is 27.6 Å². The van der Waals surface area contributed by atoms with E-state index in [0.29, 0.717) is 13.2 Å². The molecule has 0 amide bonds. The third-order valence-corrected chi connectivity index (χ3v) is 5.32. The van der Waals surface area contributed by atoms with Gasteiger partial charge in [0.05, 0.1) is 38.0 Å². The Morgan fingerprint density at radius 3 is 1.64 bits per heavy atom. The van der Waals surface area contributed by atoms with E-state index in [1.54, 1.807) is 7.11 Å². The predicted octanol–water partition coefficient (Wildman–Crippen LogP) is 9.17. The highest BCUT2D eigenvalue weighted by atomic mass is 19.5. The van der Waals surface area contributed by atoms with Crippen molar-refractivity contribution in [2.75, 3.05) is 20.3 Å². The zero-order valence-corrected chi connectivity index (χ0v) is 21.9. The van der Waals surface area contributed by atoms with Gasteiger partial charge in [-0.15, -0.1) is 0 Å². The molecule has 0 spiro atoms. The van der Waals surface area contributed by atoms with Gasteiger partial charge in [0, 0.05) is 11.6 Å². The Morgan fingerprint density at radius 2 is 1.13 bits per heavy atom. The van der Waals surface area contributed by atoms with Gasteiger partial charge in [-0.25, -0.2) is 4.42 Å². The molecule has 0 aliphatic heterocycles. The fraction of sp³-hybridized carbons (Fsp3) is 0.167. The molecule has 0 aliphatic carbocycles. The molecule has 4 nitrogen and oxygen atoms in total. The minimum Gasteiger partial charge on any atom is -0.497 e. The van der Waals surface area contributed by atoms with E-state index in [2.05, 4.69) is 18.2 Å². The average molecular weight is 540 g/mol. The number of ether oxygens (including phenoxy) is 3. The largest absolute Gasteiger partial charge is 0.673 e. The standard InChI is InChI=1S/C30H29O4.BF4/c1-4-32-27-13-6-22(7-14-27)8-15-29-20-25(23-9-18-28(19-10-23)33-5-2)21-30(34-29)24-11-16-26(31-3)17-12-24;2-1(3,4)5/h6-21H,4-5H2,1-3H3;/q+1;-1/b15-8+;. The molecule has 0 saturated carbocycles. The van der Waals surface area contributed by atoms with Gasteiger partial charge in [0.25, 0.3) is 0 Å². The van der Waals surface area contributed by atoms with Gasteiger partial charge in [0.15, 0.2) is 0 Å². The molecule has 0 unspecified atom stereocenters. The Bertz CT molecular complexity index is 1330. The third-order valence-electron chi connectivity index (χ3n) is 5.32. The first-order valence-electron chi connectivity index (χ1n) is 12.3. The summed E-state index contributed by atoms with van der Waals surface area (Å²) in [5.41, 5.74) is 4.19. The van der Waals surface area contributed by atoms with Crippen molar-refractivity contribution in [2.24, 2.45) is 0 Å². The molecule has 39 heavy (non-hydrogen) atoms. The van der Waals surface area contributed by atoms with E-state index in [1.807, 2.05) is 92.7 Å². The summed E-state index contributed by atoms with van der Waals surface area (Å²) in [5.74, 6) is 4.06. The molecule has 0 aliphatic rings. The summed E-state index contributed by atoms with van der Waals surface area (Å²) in [6, 6.07) is 28.1. The quantitative estimate of drug-likeness (QED) is 0.121. The van der Waals surface area contributed by atoms with Gasteiger partial charge < -0.3 is 31.5 Å². The molecule has 1 heterocycles. The Labute approximate surface area is 225 Å². The summed E-state index contributed by atoms with van der Waals surface area (Å²) < 4.78 is 61.7. The highest BCUT2D eigenvalue weighted by molar-refractivity contribution is 6.50. The lowest BCUT2D eigenvalue weighted by molar-refractivity contribution is 0.340. The normalized spacial score (nSPS) is 11.1. The van der Waals surface area contributed by atoms with Gasteiger partial charge in [-0.3, -0.25) is 0 Å². The van der Waals surface area contributed by atoms with Gasteiger partial charge in [0.2, 0.25) is 0 Å². The van der Waals surface area contributed by atoms with Crippen molar-refractivity contribution in [1.82, 2.24) is 0 Å². The van der Waals surface area contributed by atoms with Crippen LogP contribution >= 0.6 is 0 Å². The maximum Gasteiger partial charge on any atom is 0.673 e. The fourth-order valence-corrected chi connectivity index (χ4v) is 3.60. The van der Waals surface area contributed by atoms with E-state index in [4.69, 9.17) is 18.6 Å². The number of halogens is 4. The van der Waals surface area contributed by atoms with E-state index >= 15 is 0 Å². The molecule has 0 N–H and O–H groups in total. The first kappa shape index (κ1) is 29.3. The fourth-order valence-electron chi connectivity index (χ4n) is 3.60. The van der Waals surface area contributed by atoms with Crippen molar-refractivity contribution in [3.8, 4) is 39.7 Å². The van der Waals surface area contributed by atoms with Crippen molar-refractivity contribution in [3.05, 3.63) is 96.3 Å². The number of rotatable bonds is 9. The van der Waals surface area contributed by atoms with Gasteiger partial charge in [-0.05, 0) is 79.6 Å². The summed E-state index contributed by atoms with van der Waals surface area (Å²) >= 11 is 0. The SMILES string of the molecule is CCOc1ccc(/C=C/c2cc(-c3ccc(OCC)cc3)cc(-c3ccc(OC)cc3)[o+]2)cc1.F[B-](F)(F)F. The van der Waals surface area contributed by atoms with Crippen LogP contribution in [-0.2, 0) is 0 Å². The third kappa shape index (κ3) is 9.85. The highest BCUT2D eigenvalue weighted by Crippen LogP contribution is 2.31. The number of benzene rings is 3. The van der Waals surface area contributed by atoms with Gasteiger partial charge in [-0.1, -0.05) is 24.3 Å². The van der Waals surface area contributed by atoms with Crippen LogP contribution in [0.2, 0.25) is 0 Å². The molecule has 9 heteroatoms. The van der Waals surface area contributed by atoms with Crippen molar-refractivity contribution < 1.29 is 35.9 Å². The van der Waals surface area contributed by atoms with E-state index in [0.717, 1.165) is 51.0 Å². The highest BCUT2D eigenvalue weighted by Gasteiger charge is 2.20. The molecule has 0 atom stereocenters.